The zero-order valence-corrected chi connectivity index (χ0v) is 16.2. The number of aliphatic hydroxyl groups is 2. The lowest BCUT2D eigenvalue weighted by molar-refractivity contribution is -0.139. The molecule has 0 bridgehead atoms. The lowest BCUT2D eigenvalue weighted by Gasteiger charge is -2.32. The molecule has 0 unspecified atom stereocenters. The number of carbonyl (C=O) groups is 1. The first-order valence-electron chi connectivity index (χ1n) is 13.1. The molecule has 0 spiro atoms. The maximum atomic E-state index is 11.2. The number of unbranched alkanes of at least 4 members (excludes halogenated alkanes) is 1. The molecule has 0 heterocycles. The molecule has 5 nitrogen and oxygen atoms in total. The fourth-order valence-corrected chi connectivity index (χ4v) is 4.61. The van der Waals surface area contributed by atoms with Gasteiger partial charge in [-0.2, -0.15) is 0 Å². The summed E-state index contributed by atoms with van der Waals surface area (Å²) in [7, 11) is 0. The molecule has 0 radical (unpaired) electrons. The van der Waals surface area contributed by atoms with Crippen molar-refractivity contribution >= 4 is 5.97 Å². The molecule has 1 aromatic rings. The summed E-state index contributed by atoms with van der Waals surface area (Å²) in [6.45, 7) is -0.980. The van der Waals surface area contributed by atoms with Crippen LogP contribution in [-0.4, -0.2) is 40.1 Å². The van der Waals surface area contributed by atoms with E-state index >= 15 is 0 Å². The summed E-state index contributed by atoms with van der Waals surface area (Å²) >= 11 is 0. The number of hydrogen-bond donors (Lipinski definition) is 3. The van der Waals surface area contributed by atoms with Crippen molar-refractivity contribution in [2.45, 2.75) is 76.8 Å². The summed E-state index contributed by atoms with van der Waals surface area (Å²) in [6, 6.07) is 5.01. The average molecular weight is 397 g/mol. The number of fused-ring (bicyclic) bond motifs is 2. The molecule has 156 valence electrons. The van der Waals surface area contributed by atoms with Crippen molar-refractivity contribution in [3.8, 4) is 5.75 Å². The third-order valence-electron chi connectivity index (χ3n) is 6.01. The first-order valence-corrected chi connectivity index (χ1v) is 10.1. The van der Waals surface area contributed by atoms with Gasteiger partial charge in [0, 0.05) is 5.48 Å². The van der Waals surface area contributed by atoms with Crippen molar-refractivity contribution in [3.05, 3.63) is 29.3 Å². The molecule has 2 aliphatic carbocycles. The first-order chi connectivity index (χ1) is 15.7. The summed E-state index contributed by atoms with van der Waals surface area (Å²) in [6.07, 6.45) is -4.46. The maximum Gasteiger partial charge on any atom is 0.341 e. The predicted molar refractivity (Wildman–Crippen MR) is 107 cm³/mol. The molecule has 5 atom stereocenters. The minimum Gasteiger partial charge on any atom is -0.482 e. The van der Waals surface area contributed by atoms with Gasteiger partial charge in [-0.1, -0.05) is 38.3 Å². The number of hydrogen-bond acceptors (Lipinski definition) is 4. The zero-order valence-electron chi connectivity index (χ0n) is 22.2. The lowest BCUT2D eigenvalue weighted by Crippen LogP contribution is -2.28. The largest absolute Gasteiger partial charge is 0.482 e. The Labute approximate surface area is 176 Å². The monoisotopic (exact) mass is 396 g/mol. The van der Waals surface area contributed by atoms with E-state index in [0.29, 0.717) is 31.2 Å². The summed E-state index contributed by atoms with van der Waals surface area (Å²) < 4.78 is 53.6. The van der Waals surface area contributed by atoms with Crippen LogP contribution < -0.4 is 4.74 Å². The van der Waals surface area contributed by atoms with E-state index in [1.54, 1.807) is 6.07 Å². The van der Waals surface area contributed by atoms with Crippen LogP contribution in [0.3, 0.4) is 0 Å². The van der Waals surface area contributed by atoms with Crippen LogP contribution in [0, 0.1) is 17.8 Å². The average Bonchev–Trinajstić information content (AvgIpc) is 3.04. The fraction of sp³-hybridized carbons (Fsp3) is 0.696. The Bertz CT molecular complexity index is 893. The van der Waals surface area contributed by atoms with Crippen molar-refractivity contribution in [2.75, 3.05) is 6.56 Å². The van der Waals surface area contributed by atoms with Gasteiger partial charge >= 0.3 is 5.97 Å². The van der Waals surface area contributed by atoms with Crippen molar-refractivity contribution < 1.29 is 33.1 Å². The van der Waals surface area contributed by atoms with Gasteiger partial charge in [0.15, 0.2) is 6.56 Å². The summed E-state index contributed by atoms with van der Waals surface area (Å²) in [5, 5.41) is 30.5. The van der Waals surface area contributed by atoms with E-state index in [9.17, 15) is 15.0 Å². The van der Waals surface area contributed by atoms with E-state index in [1.165, 1.54) is 6.07 Å². The Morgan fingerprint density at radius 3 is 2.89 bits per heavy atom. The highest BCUT2D eigenvalue weighted by Gasteiger charge is 2.44. The topological polar surface area (TPSA) is 87.0 Å². The molecular weight excluding hydrogens is 356 g/mol. The predicted octanol–water partition coefficient (Wildman–Crippen LogP) is 3.58. The number of benzene rings is 1. The van der Waals surface area contributed by atoms with Gasteiger partial charge in [0.1, 0.15) is 5.75 Å². The third-order valence-corrected chi connectivity index (χ3v) is 6.01. The highest BCUT2D eigenvalue weighted by Crippen LogP contribution is 2.48. The van der Waals surface area contributed by atoms with E-state index in [-0.39, 0.29) is 30.4 Å². The number of carboxylic acids is 1. The van der Waals surface area contributed by atoms with Crippen molar-refractivity contribution in [3.63, 3.8) is 0 Å². The highest BCUT2D eigenvalue weighted by molar-refractivity contribution is 5.68. The van der Waals surface area contributed by atoms with Gasteiger partial charge in [0.25, 0.3) is 0 Å². The molecule has 3 rings (SSSR count). The molecule has 1 aromatic carbocycles. The number of aliphatic carboxylic acids is 1. The minimum atomic E-state index is -2.88. The Morgan fingerprint density at radius 2 is 2.14 bits per heavy atom. The van der Waals surface area contributed by atoms with E-state index in [0.717, 1.165) is 12.0 Å². The molecule has 0 aromatic heterocycles. The molecule has 3 N–H and O–H groups in total. The third kappa shape index (κ3) is 5.06. The molecule has 0 saturated heterocycles. The van der Waals surface area contributed by atoms with Crippen LogP contribution in [-0.2, 0) is 17.6 Å². The normalized spacial score (nSPS) is 31.8. The first kappa shape index (κ1) is 14.4. The second-order valence-corrected chi connectivity index (χ2v) is 7.82. The maximum absolute atomic E-state index is 11.2. The molecular formula is C23H34O5. The van der Waals surface area contributed by atoms with Crippen LogP contribution in [0.5, 0.6) is 5.75 Å². The van der Waals surface area contributed by atoms with Gasteiger partial charge in [-0.25, -0.2) is 4.79 Å². The van der Waals surface area contributed by atoms with Crippen LogP contribution in [0.2, 0.25) is 0 Å². The van der Waals surface area contributed by atoms with Crippen LogP contribution in [0.25, 0.3) is 0 Å². The summed E-state index contributed by atoms with van der Waals surface area (Å²) in [4.78, 5) is 11.2. The van der Waals surface area contributed by atoms with Crippen molar-refractivity contribution in [1.82, 2.24) is 0 Å². The Kier molecular flexibility index (Phi) is 5.01. The lowest BCUT2D eigenvalue weighted by atomic mass is 9.73. The van der Waals surface area contributed by atoms with Gasteiger partial charge < -0.3 is 20.1 Å². The van der Waals surface area contributed by atoms with Gasteiger partial charge in [0.05, 0.1) is 14.9 Å². The SMILES string of the molecule is [2H]C([2H])(Oc1cccc2c1C[C@H]1C[C@@H](O)[C@H](CC([2H])([2H])[C@@H](O)C([2H])([2H])CCCC)[C@H]1C2)C(=O)O. The standard InChI is InChI=1S/C23H34O5/c1-2-3-4-7-17(24)9-10-18-19-11-15-6-5-8-22(28-14-23(26)27)20(15)12-16(19)13-21(18)25/h5-6,8,16-19,21,24-25H,2-4,7,9-14H2,1H3,(H,26,27)/t16-,17-,18+,19-,21+/m0/s1/i7D2,9D2,14D2. The molecule has 0 amide bonds. The number of aliphatic hydroxyl groups excluding tert-OH is 2. The van der Waals surface area contributed by atoms with Gasteiger partial charge in [-0.3, -0.25) is 0 Å². The summed E-state index contributed by atoms with van der Waals surface area (Å²) in [5.41, 5.74) is 1.53. The van der Waals surface area contributed by atoms with Gasteiger partial charge in [0.2, 0.25) is 0 Å². The molecule has 5 heteroatoms. The quantitative estimate of drug-likeness (QED) is 0.563. The van der Waals surface area contributed by atoms with Crippen LogP contribution >= 0.6 is 0 Å². The minimum absolute atomic E-state index is 0.0438. The van der Waals surface area contributed by atoms with E-state index in [2.05, 4.69) is 0 Å². The van der Waals surface area contributed by atoms with Gasteiger partial charge in [-0.05, 0) is 73.4 Å². The van der Waals surface area contributed by atoms with E-state index in [4.69, 9.17) is 18.1 Å². The molecule has 1 saturated carbocycles. The van der Waals surface area contributed by atoms with Crippen molar-refractivity contribution in [1.29, 1.82) is 0 Å². The fourth-order valence-electron chi connectivity index (χ4n) is 4.61. The van der Waals surface area contributed by atoms with Crippen LogP contribution in [0.4, 0.5) is 0 Å². The van der Waals surface area contributed by atoms with E-state index in [1.807, 2.05) is 13.0 Å². The van der Waals surface area contributed by atoms with Crippen molar-refractivity contribution in [2.24, 2.45) is 17.8 Å². The zero-order chi connectivity index (χ0) is 25.5. The number of carboxylic acid groups (broad SMARTS) is 1. The smallest absolute Gasteiger partial charge is 0.341 e. The second-order valence-electron chi connectivity index (χ2n) is 7.82. The van der Waals surface area contributed by atoms with Crippen LogP contribution in [0.15, 0.2) is 18.2 Å². The highest BCUT2D eigenvalue weighted by atomic mass is 16.5. The van der Waals surface area contributed by atoms with E-state index < -0.39 is 43.4 Å². The number of rotatable bonds is 10. The van der Waals surface area contributed by atoms with Gasteiger partial charge in [-0.15, -0.1) is 0 Å². The summed E-state index contributed by atoms with van der Waals surface area (Å²) in [5.74, 6) is -2.19. The molecule has 28 heavy (non-hydrogen) atoms. The Balaban J connectivity index is 1.80. The molecule has 1 fully saturated rings. The number of ether oxygens (including phenoxy) is 1. The Morgan fingerprint density at radius 1 is 1.32 bits per heavy atom. The Hall–Kier alpha value is -1.59. The van der Waals surface area contributed by atoms with Crippen LogP contribution in [0.1, 0.15) is 71.1 Å². The molecule has 2 aliphatic rings. The second kappa shape index (κ2) is 9.75. The molecule has 0 aliphatic heterocycles.